The van der Waals surface area contributed by atoms with Crippen LogP contribution in [0.5, 0.6) is 0 Å². The van der Waals surface area contributed by atoms with Crippen LogP contribution < -0.4 is 4.90 Å². The number of nitrogens with zero attached hydrogens (tertiary/aromatic N) is 4. The van der Waals surface area contributed by atoms with Gasteiger partial charge in [-0.15, -0.1) is 11.3 Å². The monoisotopic (exact) mass is 378 g/mol. The predicted octanol–water partition coefficient (Wildman–Crippen LogP) is 3.54. The standard InChI is InChI=1S/C16H19BrN4S/c17-15-4-3-14(22-15)10-20-8-6-13(9-20)21(12-1-2-12)16-5-7-18-11-19-16/h3-5,7,11-13H,1-2,6,8-10H2. The van der Waals surface area contributed by atoms with Crippen molar-refractivity contribution in [3.63, 3.8) is 0 Å². The topological polar surface area (TPSA) is 32.3 Å². The van der Waals surface area contributed by atoms with Gasteiger partial charge in [-0.1, -0.05) is 0 Å². The minimum Gasteiger partial charge on any atom is -0.349 e. The maximum Gasteiger partial charge on any atom is 0.132 e. The summed E-state index contributed by atoms with van der Waals surface area (Å²) in [7, 11) is 0. The smallest absolute Gasteiger partial charge is 0.132 e. The third-order valence-electron chi connectivity index (χ3n) is 4.42. The van der Waals surface area contributed by atoms with Gasteiger partial charge in [0, 0.05) is 42.8 Å². The van der Waals surface area contributed by atoms with E-state index in [0.29, 0.717) is 12.1 Å². The Balaban J connectivity index is 1.44. The normalized spacial score (nSPS) is 22.1. The summed E-state index contributed by atoms with van der Waals surface area (Å²) in [6.07, 6.45) is 7.36. The highest BCUT2D eigenvalue weighted by Crippen LogP contribution is 2.35. The molecule has 3 heterocycles. The van der Waals surface area contributed by atoms with Crippen molar-refractivity contribution in [3.8, 4) is 0 Å². The molecule has 0 aromatic carbocycles. The summed E-state index contributed by atoms with van der Waals surface area (Å²) in [4.78, 5) is 15.1. The minimum atomic E-state index is 0.589. The van der Waals surface area contributed by atoms with Crippen LogP contribution in [0, 0.1) is 0 Å². The predicted molar refractivity (Wildman–Crippen MR) is 93.2 cm³/mol. The number of likely N-dealkylation sites (tertiary alicyclic amines) is 1. The van der Waals surface area contributed by atoms with E-state index in [-0.39, 0.29) is 0 Å². The molecule has 6 heteroatoms. The zero-order chi connectivity index (χ0) is 14.9. The van der Waals surface area contributed by atoms with E-state index in [2.05, 4.69) is 53.9 Å². The SMILES string of the molecule is Brc1ccc(CN2CCC(N(c3ccncn3)C3CC3)C2)s1. The zero-order valence-electron chi connectivity index (χ0n) is 12.4. The second kappa shape index (κ2) is 6.26. The molecule has 2 aromatic heterocycles. The number of thiophene rings is 1. The van der Waals surface area contributed by atoms with E-state index >= 15 is 0 Å². The molecule has 2 aliphatic rings. The summed E-state index contributed by atoms with van der Waals surface area (Å²) in [6, 6.07) is 7.70. The summed E-state index contributed by atoms with van der Waals surface area (Å²) >= 11 is 5.39. The zero-order valence-corrected chi connectivity index (χ0v) is 14.8. The Morgan fingerprint density at radius 3 is 2.82 bits per heavy atom. The molecule has 1 atom stereocenters. The molecule has 4 rings (SSSR count). The van der Waals surface area contributed by atoms with Crippen LogP contribution in [-0.2, 0) is 6.54 Å². The summed E-state index contributed by atoms with van der Waals surface area (Å²) in [5.74, 6) is 1.10. The molecule has 0 bridgehead atoms. The van der Waals surface area contributed by atoms with Crippen LogP contribution in [-0.4, -0.2) is 40.0 Å². The number of rotatable bonds is 5. The summed E-state index contributed by atoms with van der Waals surface area (Å²) in [5, 5.41) is 0. The lowest BCUT2D eigenvalue weighted by Gasteiger charge is -2.30. The number of hydrogen-bond acceptors (Lipinski definition) is 5. The highest BCUT2D eigenvalue weighted by Gasteiger charge is 2.37. The molecule has 1 saturated heterocycles. The summed E-state index contributed by atoms with van der Waals surface area (Å²) in [6.45, 7) is 3.37. The fraction of sp³-hybridized carbons (Fsp3) is 0.500. The average molecular weight is 379 g/mol. The van der Waals surface area contributed by atoms with Crippen LogP contribution in [0.25, 0.3) is 0 Å². The number of halogens is 1. The maximum atomic E-state index is 4.49. The molecule has 1 unspecified atom stereocenters. The Kier molecular flexibility index (Phi) is 4.15. The lowest BCUT2D eigenvalue weighted by atomic mass is 10.2. The lowest BCUT2D eigenvalue weighted by Crippen LogP contribution is -2.39. The van der Waals surface area contributed by atoms with Crippen LogP contribution in [0.15, 0.2) is 34.5 Å². The van der Waals surface area contributed by atoms with Gasteiger partial charge in [0.05, 0.1) is 3.79 Å². The van der Waals surface area contributed by atoms with Crippen LogP contribution in [0.4, 0.5) is 5.82 Å². The number of anilines is 1. The second-order valence-corrected chi connectivity index (χ2v) is 8.64. The van der Waals surface area contributed by atoms with E-state index in [1.165, 1.54) is 34.5 Å². The van der Waals surface area contributed by atoms with Gasteiger partial charge in [0.1, 0.15) is 12.1 Å². The van der Waals surface area contributed by atoms with Crippen molar-refractivity contribution < 1.29 is 0 Å². The molecule has 1 aliphatic carbocycles. The van der Waals surface area contributed by atoms with Gasteiger partial charge >= 0.3 is 0 Å². The van der Waals surface area contributed by atoms with Gasteiger partial charge in [0.15, 0.2) is 0 Å². The van der Waals surface area contributed by atoms with Crippen molar-refractivity contribution >= 4 is 33.1 Å². The molecular formula is C16H19BrN4S. The van der Waals surface area contributed by atoms with E-state index in [1.807, 2.05) is 17.5 Å². The second-order valence-electron chi connectivity index (χ2n) is 6.09. The Bertz CT molecular complexity index is 628. The van der Waals surface area contributed by atoms with Gasteiger partial charge in [-0.3, -0.25) is 4.90 Å². The lowest BCUT2D eigenvalue weighted by molar-refractivity contribution is 0.327. The molecule has 0 spiro atoms. The molecule has 0 radical (unpaired) electrons. The number of aromatic nitrogens is 2. The molecule has 4 nitrogen and oxygen atoms in total. The first-order valence-corrected chi connectivity index (χ1v) is 9.41. The summed E-state index contributed by atoms with van der Waals surface area (Å²) < 4.78 is 1.22. The Labute approximate surface area is 143 Å². The molecular weight excluding hydrogens is 360 g/mol. The van der Waals surface area contributed by atoms with Gasteiger partial charge in [0.2, 0.25) is 0 Å². The van der Waals surface area contributed by atoms with Gasteiger partial charge in [-0.25, -0.2) is 9.97 Å². The van der Waals surface area contributed by atoms with Crippen LogP contribution in [0.2, 0.25) is 0 Å². The molecule has 2 fully saturated rings. The molecule has 2 aromatic rings. The van der Waals surface area contributed by atoms with Crippen molar-refractivity contribution in [2.45, 2.75) is 37.9 Å². The number of hydrogen-bond donors (Lipinski definition) is 0. The van der Waals surface area contributed by atoms with Crippen LogP contribution in [0.1, 0.15) is 24.1 Å². The molecule has 1 aliphatic heterocycles. The Hall–Kier alpha value is -0.980. The van der Waals surface area contributed by atoms with Gasteiger partial charge in [-0.05, 0) is 53.4 Å². The third kappa shape index (κ3) is 3.19. The molecule has 0 N–H and O–H groups in total. The van der Waals surface area contributed by atoms with Crippen LogP contribution in [0.3, 0.4) is 0 Å². The van der Waals surface area contributed by atoms with Gasteiger partial charge in [0.25, 0.3) is 0 Å². The van der Waals surface area contributed by atoms with E-state index in [1.54, 1.807) is 6.33 Å². The van der Waals surface area contributed by atoms with E-state index in [0.717, 1.165) is 18.9 Å². The van der Waals surface area contributed by atoms with E-state index in [9.17, 15) is 0 Å². The summed E-state index contributed by atoms with van der Waals surface area (Å²) in [5.41, 5.74) is 0. The van der Waals surface area contributed by atoms with Crippen molar-refractivity contribution in [2.75, 3.05) is 18.0 Å². The highest BCUT2D eigenvalue weighted by molar-refractivity contribution is 9.11. The van der Waals surface area contributed by atoms with Crippen molar-refractivity contribution in [3.05, 3.63) is 39.4 Å². The molecule has 1 saturated carbocycles. The average Bonchev–Trinajstić information content (AvgIpc) is 3.12. The Morgan fingerprint density at radius 1 is 1.23 bits per heavy atom. The van der Waals surface area contributed by atoms with Gasteiger partial charge in [-0.2, -0.15) is 0 Å². The van der Waals surface area contributed by atoms with Gasteiger partial charge < -0.3 is 4.90 Å². The van der Waals surface area contributed by atoms with Crippen molar-refractivity contribution in [2.24, 2.45) is 0 Å². The fourth-order valence-electron chi connectivity index (χ4n) is 3.30. The fourth-order valence-corrected chi connectivity index (χ4v) is 4.83. The first-order valence-electron chi connectivity index (χ1n) is 7.80. The molecule has 0 amide bonds. The maximum absolute atomic E-state index is 4.49. The van der Waals surface area contributed by atoms with Crippen molar-refractivity contribution in [1.82, 2.24) is 14.9 Å². The molecule has 116 valence electrons. The van der Waals surface area contributed by atoms with E-state index < -0.39 is 0 Å². The first kappa shape index (κ1) is 14.6. The van der Waals surface area contributed by atoms with Crippen LogP contribution >= 0.6 is 27.3 Å². The minimum absolute atomic E-state index is 0.589. The highest BCUT2D eigenvalue weighted by atomic mass is 79.9. The molecule has 22 heavy (non-hydrogen) atoms. The van der Waals surface area contributed by atoms with Crippen molar-refractivity contribution in [1.29, 1.82) is 0 Å². The quantitative estimate of drug-likeness (QED) is 0.796. The largest absolute Gasteiger partial charge is 0.349 e. The first-order chi connectivity index (χ1) is 10.8. The Morgan fingerprint density at radius 2 is 2.14 bits per heavy atom. The third-order valence-corrected chi connectivity index (χ3v) is 6.03. The van der Waals surface area contributed by atoms with E-state index in [4.69, 9.17) is 0 Å².